The van der Waals surface area contributed by atoms with Crippen molar-refractivity contribution in [3.05, 3.63) is 35.3 Å². The third-order valence-corrected chi connectivity index (χ3v) is 5.50. The van der Waals surface area contributed by atoms with E-state index in [0.29, 0.717) is 29.1 Å². The quantitative estimate of drug-likeness (QED) is 0.443. The molecular formula is C18H22N6O2S2. The van der Waals surface area contributed by atoms with Crippen molar-refractivity contribution in [2.75, 3.05) is 18.1 Å². The molecule has 8 nitrogen and oxygen atoms in total. The smallest absolute Gasteiger partial charge is 0.321 e. The zero-order chi connectivity index (χ0) is 20.1. The average molecular weight is 419 g/mol. The van der Waals surface area contributed by atoms with E-state index in [0.717, 1.165) is 34.1 Å². The fourth-order valence-electron chi connectivity index (χ4n) is 2.49. The van der Waals surface area contributed by atoms with Crippen molar-refractivity contribution in [2.45, 2.75) is 38.8 Å². The summed E-state index contributed by atoms with van der Waals surface area (Å²) in [5, 5.41) is 6.81. The number of aryl methyl sites for hydroxylation is 3. The van der Waals surface area contributed by atoms with Gasteiger partial charge in [0.05, 0.1) is 22.0 Å². The first-order chi connectivity index (χ1) is 13.5. The largest absolute Gasteiger partial charge is 0.449 e. The van der Waals surface area contributed by atoms with E-state index in [9.17, 15) is 4.79 Å². The summed E-state index contributed by atoms with van der Waals surface area (Å²) in [6.45, 7) is 6.28. The van der Waals surface area contributed by atoms with Gasteiger partial charge in [0.25, 0.3) is 0 Å². The molecule has 3 rings (SSSR count). The van der Waals surface area contributed by atoms with E-state index in [1.165, 1.54) is 23.1 Å². The molecule has 0 aromatic carbocycles. The van der Waals surface area contributed by atoms with E-state index in [1.807, 2.05) is 33.1 Å². The van der Waals surface area contributed by atoms with Crippen LogP contribution in [0.4, 0.5) is 9.93 Å². The Labute approximate surface area is 171 Å². The number of hydrogen-bond donors (Lipinski definition) is 2. The van der Waals surface area contributed by atoms with Crippen molar-refractivity contribution in [1.29, 1.82) is 0 Å². The van der Waals surface area contributed by atoms with Gasteiger partial charge in [-0.25, -0.2) is 24.7 Å². The number of carbonyl (C=O) groups is 1. The van der Waals surface area contributed by atoms with E-state index >= 15 is 0 Å². The van der Waals surface area contributed by atoms with E-state index in [-0.39, 0.29) is 6.03 Å². The molecule has 10 heteroatoms. The number of rotatable bonds is 7. The van der Waals surface area contributed by atoms with Gasteiger partial charge in [0.1, 0.15) is 6.26 Å². The van der Waals surface area contributed by atoms with Crippen LogP contribution in [0.25, 0.3) is 10.6 Å². The van der Waals surface area contributed by atoms with Gasteiger partial charge in [-0.15, -0.1) is 0 Å². The number of thioether (sulfide) groups is 1. The number of oxazole rings is 1. The second-order valence-electron chi connectivity index (χ2n) is 6.03. The van der Waals surface area contributed by atoms with Gasteiger partial charge in [-0.2, -0.15) is 0 Å². The van der Waals surface area contributed by atoms with Crippen molar-refractivity contribution in [2.24, 2.45) is 0 Å². The van der Waals surface area contributed by atoms with E-state index < -0.39 is 0 Å². The maximum absolute atomic E-state index is 12.1. The van der Waals surface area contributed by atoms with Gasteiger partial charge in [-0.05, 0) is 32.6 Å². The molecule has 0 aliphatic heterocycles. The van der Waals surface area contributed by atoms with Gasteiger partial charge >= 0.3 is 6.03 Å². The number of thiazole rings is 1. The summed E-state index contributed by atoms with van der Waals surface area (Å²) in [6, 6.07) is 1.61. The molecule has 0 saturated heterocycles. The van der Waals surface area contributed by atoms with Gasteiger partial charge in [0, 0.05) is 18.7 Å². The van der Waals surface area contributed by atoms with Crippen LogP contribution in [0.15, 0.2) is 21.9 Å². The number of aromatic nitrogens is 4. The molecule has 3 heterocycles. The van der Waals surface area contributed by atoms with Crippen molar-refractivity contribution >= 4 is 34.3 Å². The molecule has 2 amide bonds. The molecule has 0 atom stereocenters. The van der Waals surface area contributed by atoms with Gasteiger partial charge in [0.15, 0.2) is 16.2 Å². The zero-order valence-electron chi connectivity index (χ0n) is 16.2. The minimum Gasteiger partial charge on any atom is -0.449 e. The second-order valence-corrected chi connectivity index (χ2v) is 7.80. The van der Waals surface area contributed by atoms with Gasteiger partial charge in [-0.1, -0.05) is 30.0 Å². The highest BCUT2D eigenvalue weighted by molar-refractivity contribution is 7.98. The van der Waals surface area contributed by atoms with Crippen molar-refractivity contribution in [3.8, 4) is 10.6 Å². The molecule has 0 spiro atoms. The van der Waals surface area contributed by atoms with E-state index in [4.69, 9.17) is 4.42 Å². The van der Waals surface area contributed by atoms with Gasteiger partial charge < -0.3 is 9.73 Å². The summed E-state index contributed by atoms with van der Waals surface area (Å²) < 4.78 is 5.35. The van der Waals surface area contributed by atoms with Crippen LogP contribution >= 0.6 is 23.1 Å². The summed E-state index contributed by atoms with van der Waals surface area (Å²) in [5.41, 5.74) is 3.44. The van der Waals surface area contributed by atoms with Crippen LogP contribution in [0.2, 0.25) is 0 Å². The monoisotopic (exact) mass is 418 g/mol. The van der Waals surface area contributed by atoms with Crippen LogP contribution in [0.5, 0.6) is 0 Å². The Bertz CT molecular complexity index is 969. The van der Waals surface area contributed by atoms with Crippen molar-refractivity contribution < 1.29 is 9.21 Å². The van der Waals surface area contributed by atoms with Gasteiger partial charge in [-0.3, -0.25) is 5.32 Å². The average Bonchev–Trinajstić information content (AvgIpc) is 3.27. The Morgan fingerprint density at radius 2 is 2.07 bits per heavy atom. The third kappa shape index (κ3) is 5.08. The fraction of sp³-hybridized carbons (Fsp3) is 0.389. The lowest BCUT2D eigenvalue weighted by Gasteiger charge is -2.03. The van der Waals surface area contributed by atoms with Crippen LogP contribution in [0, 0.1) is 13.8 Å². The summed E-state index contributed by atoms with van der Waals surface area (Å²) in [5.74, 6) is 0.619. The minimum absolute atomic E-state index is 0.314. The first-order valence-electron chi connectivity index (χ1n) is 8.84. The summed E-state index contributed by atoms with van der Waals surface area (Å²) in [6.07, 6.45) is 4.95. The molecule has 3 aromatic heterocycles. The Hall–Kier alpha value is -2.46. The first-order valence-corrected chi connectivity index (χ1v) is 10.9. The molecule has 0 aliphatic carbocycles. The molecule has 3 aromatic rings. The minimum atomic E-state index is -0.314. The summed E-state index contributed by atoms with van der Waals surface area (Å²) in [4.78, 5) is 30.7. The standard InChI is InChI=1S/C18H22N6O2S2/c1-5-12-9-26-14(22-12)6-7-19-16(25)24-18-21-11(3)15(28-18)13-8-10(2)20-17(23-13)27-4/h8-9H,5-7H2,1-4H3,(H2,19,21,24,25). The van der Waals surface area contributed by atoms with Crippen molar-refractivity contribution in [1.82, 2.24) is 25.3 Å². The number of anilines is 1. The summed E-state index contributed by atoms with van der Waals surface area (Å²) in [7, 11) is 0. The predicted molar refractivity (Wildman–Crippen MR) is 111 cm³/mol. The van der Waals surface area contributed by atoms with E-state index in [2.05, 4.69) is 30.6 Å². The zero-order valence-corrected chi connectivity index (χ0v) is 17.8. The second kappa shape index (κ2) is 9.16. The normalized spacial score (nSPS) is 10.9. The Balaban J connectivity index is 1.60. The molecule has 0 aliphatic rings. The third-order valence-electron chi connectivity index (χ3n) is 3.85. The summed E-state index contributed by atoms with van der Waals surface area (Å²) >= 11 is 2.89. The van der Waals surface area contributed by atoms with Crippen LogP contribution in [0.1, 0.15) is 29.9 Å². The van der Waals surface area contributed by atoms with Crippen molar-refractivity contribution in [3.63, 3.8) is 0 Å². The fourth-order valence-corrected chi connectivity index (χ4v) is 3.83. The van der Waals surface area contributed by atoms with Gasteiger partial charge in [0.2, 0.25) is 0 Å². The molecule has 0 radical (unpaired) electrons. The highest BCUT2D eigenvalue weighted by atomic mass is 32.2. The number of nitrogens with one attached hydrogen (secondary N) is 2. The van der Waals surface area contributed by atoms with Crippen LogP contribution in [0.3, 0.4) is 0 Å². The lowest BCUT2D eigenvalue weighted by molar-refractivity contribution is 0.252. The lowest BCUT2D eigenvalue weighted by atomic mass is 10.2. The number of hydrogen-bond acceptors (Lipinski definition) is 8. The SMILES string of the molecule is CCc1coc(CCNC(=O)Nc2nc(C)c(-c3cc(C)nc(SC)n3)s2)n1. The van der Waals surface area contributed by atoms with E-state index in [1.54, 1.807) is 6.26 Å². The maximum atomic E-state index is 12.1. The number of urea groups is 1. The Morgan fingerprint density at radius 1 is 1.25 bits per heavy atom. The van der Waals surface area contributed by atoms with Crippen LogP contribution in [-0.4, -0.2) is 38.8 Å². The molecule has 0 saturated carbocycles. The number of amides is 2. The molecule has 148 valence electrons. The van der Waals surface area contributed by atoms with Crippen LogP contribution in [-0.2, 0) is 12.8 Å². The molecule has 2 N–H and O–H groups in total. The molecule has 0 fully saturated rings. The molecule has 0 unspecified atom stereocenters. The molecule has 28 heavy (non-hydrogen) atoms. The topological polar surface area (TPSA) is 106 Å². The highest BCUT2D eigenvalue weighted by Crippen LogP contribution is 2.32. The maximum Gasteiger partial charge on any atom is 0.321 e. The lowest BCUT2D eigenvalue weighted by Crippen LogP contribution is -2.30. The number of carbonyl (C=O) groups excluding carboxylic acids is 1. The molecule has 0 bridgehead atoms. The first kappa shape index (κ1) is 20.3. The predicted octanol–water partition coefficient (Wildman–Crippen LogP) is 3.85. The van der Waals surface area contributed by atoms with Crippen LogP contribution < -0.4 is 10.6 Å². The Morgan fingerprint density at radius 3 is 2.79 bits per heavy atom. The highest BCUT2D eigenvalue weighted by Gasteiger charge is 2.14. The number of nitrogens with zero attached hydrogens (tertiary/aromatic N) is 4. The Kier molecular flexibility index (Phi) is 6.63. The molecular weight excluding hydrogens is 396 g/mol.